The Bertz CT molecular complexity index is 450. The van der Waals surface area contributed by atoms with Crippen LogP contribution >= 0.6 is 0 Å². The van der Waals surface area contributed by atoms with E-state index < -0.39 is 0 Å². The van der Waals surface area contributed by atoms with Crippen molar-refractivity contribution in [3.8, 4) is 0 Å². The average Bonchev–Trinajstić information content (AvgIpc) is 3.07. The van der Waals surface area contributed by atoms with E-state index in [-0.39, 0.29) is 24.7 Å². The number of H-pyrrole nitrogens is 1. The number of hydrogen-bond acceptors (Lipinski definition) is 5. The molecule has 2 saturated heterocycles. The molecule has 0 spiro atoms. The highest BCUT2D eigenvalue weighted by atomic mass is 16.5. The first-order valence-electron chi connectivity index (χ1n) is 6.88. The number of fused-ring (bicyclic) bond motifs is 1. The second-order valence-corrected chi connectivity index (χ2v) is 5.23. The minimum Gasteiger partial charge on any atom is -0.383 e. The van der Waals surface area contributed by atoms with Gasteiger partial charge in [0.05, 0.1) is 25.3 Å². The summed E-state index contributed by atoms with van der Waals surface area (Å²) in [5.41, 5.74) is 0. The first kappa shape index (κ1) is 13.5. The number of morpholine rings is 1. The van der Waals surface area contributed by atoms with Crippen LogP contribution in [0.5, 0.6) is 0 Å². The van der Waals surface area contributed by atoms with Crippen LogP contribution in [0, 0.1) is 0 Å². The van der Waals surface area contributed by atoms with E-state index in [2.05, 4.69) is 14.9 Å². The lowest BCUT2D eigenvalue weighted by atomic mass is 10.1. The topological polar surface area (TPSA) is 70.7 Å². The molecule has 2 aliphatic rings. The SMILES string of the molecule is COCCN1C(=O)CO[C@H]2CN(Cc3ncc[nH]3)C[C@@H]21. The first-order valence-corrected chi connectivity index (χ1v) is 6.88. The lowest BCUT2D eigenvalue weighted by Crippen LogP contribution is -2.54. The molecule has 0 bridgehead atoms. The molecular weight excluding hydrogens is 260 g/mol. The normalized spacial score (nSPS) is 27.1. The molecule has 2 aliphatic heterocycles. The number of rotatable bonds is 5. The fourth-order valence-electron chi connectivity index (χ4n) is 2.95. The second kappa shape index (κ2) is 5.90. The van der Waals surface area contributed by atoms with Gasteiger partial charge in [-0.2, -0.15) is 0 Å². The number of nitrogens with one attached hydrogen (secondary N) is 1. The molecule has 0 aliphatic carbocycles. The zero-order valence-corrected chi connectivity index (χ0v) is 11.6. The zero-order chi connectivity index (χ0) is 13.9. The van der Waals surface area contributed by atoms with Crippen molar-refractivity contribution in [2.45, 2.75) is 18.7 Å². The first-order chi connectivity index (χ1) is 9.78. The number of aromatic amines is 1. The summed E-state index contributed by atoms with van der Waals surface area (Å²) in [6.45, 7) is 3.79. The molecule has 1 aromatic heterocycles. The van der Waals surface area contributed by atoms with Crippen molar-refractivity contribution in [2.24, 2.45) is 0 Å². The van der Waals surface area contributed by atoms with Gasteiger partial charge in [0.1, 0.15) is 12.4 Å². The van der Waals surface area contributed by atoms with Crippen molar-refractivity contribution in [1.29, 1.82) is 0 Å². The van der Waals surface area contributed by atoms with Crippen LogP contribution in [0.1, 0.15) is 5.82 Å². The predicted molar refractivity (Wildman–Crippen MR) is 71.0 cm³/mol. The predicted octanol–water partition coefficient (Wildman–Crippen LogP) is -0.532. The maximum absolute atomic E-state index is 12.0. The molecule has 3 heterocycles. The number of ether oxygens (including phenoxy) is 2. The highest BCUT2D eigenvalue weighted by Crippen LogP contribution is 2.24. The molecule has 2 atom stereocenters. The zero-order valence-electron chi connectivity index (χ0n) is 11.6. The third-order valence-corrected chi connectivity index (χ3v) is 3.92. The van der Waals surface area contributed by atoms with Crippen molar-refractivity contribution in [2.75, 3.05) is 40.0 Å². The number of amides is 1. The number of nitrogens with zero attached hydrogens (tertiary/aromatic N) is 3. The molecule has 1 N–H and O–H groups in total. The molecule has 7 heteroatoms. The van der Waals surface area contributed by atoms with E-state index >= 15 is 0 Å². The maximum atomic E-state index is 12.0. The van der Waals surface area contributed by atoms with Gasteiger partial charge >= 0.3 is 0 Å². The summed E-state index contributed by atoms with van der Waals surface area (Å²) in [7, 11) is 1.65. The molecule has 1 amide bonds. The van der Waals surface area contributed by atoms with Gasteiger partial charge in [0, 0.05) is 39.1 Å². The Balaban J connectivity index is 1.64. The van der Waals surface area contributed by atoms with E-state index in [4.69, 9.17) is 9.47 Å². The lowest BCUT2D eigenvalue weighted by molar-refractivity contribution is -0.153. The fraction of sp³-hybridized carbons (Fsp3) is 0.692. The van der Waals surface area contributed by atoms with E-state index in [9.17, 15) is 4.79 Å². The van der Waals surface area contributed by atoms with E-state index in [0.29, 0.717) is 13.2 Å². The minimum atomic E-state index is 0.0585. The van der Waals surface area contributed by atoms with E-state index in [1.165, 1.54) is 0 Å². The van der Waals surface area contributed by atoms with Crippen LogP contribution in [-0.4, -0.2) is 77.8 Å². The van der Waals surface area contributed by atoms with Gasteiger partial charge in [-0.3, -0.25) is 9.69 Å². The summed E-state index contributed by atoms with van der Waals surface area (Å²) in [6.07, 6.45) is 3.67. The number of aromatic nitrogens is 2. The highest BCUT2D eigenvalue weighted by Gasteiger charge is 2.42. The Hall–Kier alpha value is -1.44. The van der Waals surface area contributed by atoms with Crippen molar-refractivity contribution >= 4 is 5.91 Å². The highest BCUT2D eigenvalue weighted by molar-refractivity contribution is 5.78. The minimum absolute atomic E-state index is 0.0585. The molecule has 3 rings (SSSR count). The van der Waals surface area contributed by atoms with Crippen molar-refractivity contribution in [1.82, 2.24) is 19.8 Å². The number of imidazole rings is 1. The van der Waals surface area contributed by atoms with E-state index in [1.807, 2.05) is 11.1 Å². The monoisotopic (exact) mass is 280 g/mol. The van der Waals surface area contributed by atoms with Crippen LogP contribution in [0.4, 0.5) is 0 Å². The molecule has 1 aromatic rings. The van der Waals surface area contributed by atoms with Gasteiger partial charge in [0.2, 0.25) is 5.91 Å². The smallest absolute Gasteiger partial charge is 0.249 e. The van der Waals surface area contributed by atoms with Crippen LogP contribution in [-0.2, 0) is 20.8 Å². The standard InChI is InChI=1S/C13H20N4O3/c1-19-5-4-17-10-6-16(8-12-14-2-3-15-12)7-11(10)20-9-13(17)18/h2-3,10-11H,4-9H2,1H3,(H,14,15)/t10-,11-/m0/s1. The Morgan fingerprint density at radius 1 is 1.55 bits per heavy atom. The number of likely N-dealkylation sites (tertiary alicyclic amines) is 1. The molecule has 0 saturated carbocycles. The molecule has 0 unspecified atom stereocenters. The van der Waals surface area contributed by atoms with Crippen LogP contribution in [0.2, 0.25) is 0 Å². The summed E-state index contributed by atoms with van der Waals surface area (Å²) in [4.78, 5) is 23.5. The Kier molecular flexibility index (Phi) is 4.00. The third kappa shape index (κ3) is 2.70. The molecule has 0 aromatic carbocycles. The molecular formula is C13H20N4O3. The van der Waals surface area contributed by atoms with E-state index in [1.54, 1.807) is 13.3 Å². The summed E-state index contributed by atoms with van der Waals surface area (Å²) < 4.78 is 10.8. The number of methoxy groups -OCH3 is 1. The van der Waals surface area contributed by atoms with Crippen LogP contribution in [0.15, 0.2) is 12.4 Å². The number of carbonyl (C=O) groups excluding carboxylic acids is 1. The van der Waals surface area contributed by atoms with Crippen molar-refractivity contribution in [3.63, 3.8) is 0 Å². The van der Waals surface area contributed by atoms with Gasteiger partial charge in [-0.15, -0.1) is 0 Å². The number of carbonyl (C=O) groups is 1. The van der Waals surface area contributed by atoms with E-state index in [0.717, 1.165) is 25.5 Å². The molecule has 7 nitrogen and oxygen atoms in total. The molecule has 110 valence electrons. The van der Waals surface area contributed by atoms with Gasteiger partial charge in [-0.05, 0) is 0 Å². The van der Waals surface area contributed by atoms with Crippen molar-refractivity contribution < 1.29 is 14.3 Å². The fourth-order valence-corrected chi connectivity index (χ4v) is 2.95. The Morgan fingerprint density at radius 3 is 3.20 bits per heavy atom. The summed E-state index contributed by atoms with van der Waals surface area (Å²) in [5.74, 6) is 1.00. The lowest BCUT2D eigenvalue weighted by Gasteiger charge is -2.36. The molecule has 20 heavy (non-hydrogen) atoms. The molecule has 2 fully saturated rings. The Labute approximate surface area is 117 Å². The summed E-state index contributed by atoms with van der Waals surface area (Å²) >= 11 is 0. The van der Waals surface area contributed by atoms with Gasteiger partial charge in [0.25, 0.3) is 0 Å². The second-order valence-electron chi connectivity index (χ2n) is 5.23. The maximum Gasteiger partial charge on any atom is 0.249 e. The Morgan fingerprint density at radius 2 is 2.45 bits per heavy atom. The molecule has 0 radical (unpaired) electrons. The van der Waals surface area contributed by atoms with Gasteiger partial charge in [0.15, 0.2) is 0 Å². The summed E-state index contributed by atoms with van der Waals surface area (Å²) in [5, 5.41) is 0. The van der Waals surface area contributed by atoms with Gasteiger partial charge in [-0.25, -0.2) is 4.98 Å². The third-order valence-electron chi connectivity index (χ3n) is 3.92. The van der Waals surface area contributed by atoms with Crippen molar-refractivity contribution in [3.05, 3.63) is 18.2 Å². The van der Waals surface area contributed by atoms with Crippen LogP contribution in [0.25, 0.3) is 0 Å². The summed E-state index contributed by atoms with van der Waals surface area (Å²) in [6, 6.07) is 0.126. The largest absolute Gasteiger partial charge is 0.383 e. The van der Waals surface area contributed by atoms with Gasteiger partial charge in [-0.1, -0.05) is 0 Å². The van der Waals surface area contributed by atoms with Crippen LogP contribution in [0.3, 0.4) is 0 Å². The van der Waals surface area contributed by atoms with Crippen LogP contribution < -0.4 is 0 Å². The average molecular weight is 280 g/mol. The number of hydrogen-bond donors (Lipinski definition) is 1. The van der Waals surface area contributed by atoms with Gasteiger partial charge < -0.3 is 19.4 Å². The quantitative estimate of drug-likeness (QED) is 0.785.